The molecule has 0 saturated carbocycles. The summed E-state index contributed by atoms with van der Waals surface area (Å²) < 4.78 is 14.7. The summed E-state index contributed by atoms with van der Waals surface area (Å²) in [5.41, 5.74) is 1.18. The molecule has 0 aromatic heterocycles. The lowest BCUT2D eigenvalue weighted by Gasteiger charge is -2.26. The average molecular weight is 427 g/mol. The number of rotatable bonds is 6. The van der Waals surface area contributed by atoms with E-state index in [2.05, 4.69) is 15.9 Å². The smallest absolute Gasteiger partial charge is 0.163 e. The Morgan fingerprint density at radius 1 is 0.885 bits per heavy atom. The maximum atomic E-state index is 13.9. The molecule has 26 heavy (non-hydrogen) atoms. The van der Waals surface area contributed by atoms with Crippen LogP contribution in [0.1, 0.15) is 28.0 Å². The third-order valence-electron chi connectivity index (χ3n) is 4.60. The molecular formula is C22H20BrO2P. The van der Waals surface area contributed by atoms with E-state index in [4.69, 9.17) is 0 Å². The van der Waals surface area contributed by atoms with Crippen LogP contribution < -0.4 is 5.30 Å². The van der Waals surface area contributed by atoms with Crippen molar-refractivity contribution in [3.8, 4) is 0 Å². The Kier molecular flexibility index (Phi) is 5.90. The van der Waals surface area contributed by atoms with E-state index in [-0.39, 0.29) is 17.9 Å². The molecular weight excluding hydrogens is 407 g/mol. The van der Waals surface area contributed by atoms with Crippen LogP contribution in [-0.4, -0.2) is 12.4 Å². The average Bonchev–Trinajstić information content (AvgIpc) is 2.68. The zero-order valence-electron chi connectivity index (χ0n) is 14.5. The Hall–Kier alpha value is -1.96. The summed E-state index contributed by atoms with van der Waals surface area (Å²) in [6.45, 7) is 1.78. The largest absolute Gasteiger partial charge is 0.318 e. The highest BCUT2D eigenvalue weighted by atomic mass is 79.9. The molecule has 3 aromatic rings. The van der Waals surface area contributed by atoms with Crippen LogP contribution in [0.4, 0.5) is 0 Å². The highest BCUT2D eigenvalue weighted by Gasteiger charge is 2.34. The Bertz CT molecular complexity index is 939. The van der Waals surface area contributed by atoms with Crippen LogP contribution in [0.25, 0.3) is 0 Å². The molecule has 0 heterocycles. The van der Waals surface area contributed by atoms with Crippen molar-refractivity contribution < 1.29 is 9.36 Å². The van der Waals surface area contributed by atoms with Crippen LogP contribution in [0.15, 0.2) is 89.4 Å². The van der Waals surface area contributed by atoms with E-state index in [9.17, 15) is 9.36 Å². The van der Waals surface area contributed by atoms with E-state index in [1.807, 2.05) is 84.9 Å². The van der Waals surface area contributed by atoms with Crippen LogP contribution in [0, 0.1) is 0 Å². The summed E-state index contributed by atoms with van der Waals surface area (Å²) in [5, 5.41) is 0.793. The van der Waals surface area contributed by atoms with Crippen LogP contribution in [0.5, 0.6) is 0 Å². The number of hydrogen-bond acceptors (Lipinski definition) is 2. The first-order valence-corrected chi connectivity index (χ1v) is 11.5. The van der Waals surface area contributed by atoms with Crippen LogP contribution in [0.3, 0.4) is 0 Å². The van der Waals surface area contributed by atoms with Gasteiger partial charge in [0.1, 0.15) is 7.14 Å². The first-order chi connectivity index (χ1) is 12.5. The topological polar surface area (TPSA) is 34.1 Å². The highest BCUT2D eigenvalue weighted by Crippen LogP contribution is 2.58. The lowest BCUT2D eigenvalue weighted by molar-refractivity contribution is 0.0981. The molecule has 0 bridgehead atoms. The molecule has 0 spiro atoms. The van der Waals surface area contributed by atoms with Gasteiger partial charge in [0.15, 0.2) is 5.78 Å². The first kappa shape index (κ1) is 18.8. The van der Waals surface area contributed by atoms with E-state index >= 15 is 0 Å². The minimum absolute atomic E-state index is 0.00404. The molecule has 4 heteroatoms. The van der Waals surface area contributed by atoms with Gasteiger partial charge in [0.2, 0.25) is 0 Å². The van der Waals surface area contributed by atoms with Crippen molar-refractivity contribution in [2.45, 2.75) is 12.1 Å². The minimum atomic E-state index is -2.83. The maximum Gasteiger partial charge on any atom is 0.163 e. The summed E-state index contributed by atoms with van der Waals surface area (Å²) in [6, 6.07) is 26.4. The zero-order valence-corrected chi connectivity index (χ0v) is 17.0. The Labute approximate surface area is 162 Å². The van der Waals surface area contributed by atoms with Gasteiger partial charge in [-0.1, -0.05) is 94.8 Å². The number of halogens is 1. The fraction of sp³-hybridized carbons (Fsp3) is 0.136. The van der Waals surface area contributed by atoms with Gasteiger partial charge in [-0.3, -0.25) is 4.79 Å². The lowest BCUT2D eigenvalue weighted by Crippen LogP contribution is -2.15. The third-order valence-corrected chi connectivity index (χ3v) is 8.30. The molecule has 0 amide bonds. The second-order valence-corrected chi connectivity index (χ2v) is 10.3. The first-order valence-electron chi connectivity index (χ1n) is 8.45. The Morgan fingerprint density at radius 2 is 1.42 bits per heavy atom. The minimum Gasteiger partial charge on any atom is -0.318 e. The molecule has 0 saturated heterocycles. The van der Waals surface area contributed by atoms with E-state index in [0.29, 0.717) is 5.56 Å². The molecule has 3 aromatic carbocycles. The van der Waals surface area contributed by atoms with Gasteiger partial charge in [0.05, 0.1) is 0 Å². The third kappa shape index (κ3) is 4.06. The molecule has 0 fully saturated rings. The molecule has 2 nitrogen and oxygen atoms in total. The summed E-state index contributed by atoms with van der Waals surface area (Å²) in [6.07, 6.45) is 0.204. The Morgan fingerprint density at radius 3 is 2.04 bits per heavy atom. The van der Waals surface area contributed by atoms with Gasteiger partial charge < -0.3 is 4.57 Å². The van der Waals surface area contributed by atoms with E-state index in [0.717, 1.165) is 15.3 Å². The molecule has 0 radical (unpaired) electrons. The lowest BCUT2D eigenvalue weighted by atomic mass is 10.0. The monoisotopic (exact) mass is 426 g/mol. The van der Waals surface area contributed by atoms with Crippen molar-refractivity contribution in [1.82, 2.24) is 0 Å². The summed E-state index contributed by atoms with van der Waals surface area (Å²) in [7, 11) is -2.83. The molecule has 0 aliphatic carbocycles. The molecule has 0 aliphatic rings. The number of carbonyl (C=O) groups excluding carboxylic acids is 1. The van der Waals surface area contributed by atoms with Crippen molar-refractivity contribution in [3.63, 3.8) is 0 Å². The SMILES string of the molecule is CP(=O)(c1ccccc1)[C@@H](CC(=O)c1ccccc1)c1ccccc1Br. The van der Waals surface area contributed by atoms with Gasteiger partial charge in [0.25, 0.3) is 0 Å². The summed E-state index contributed by atoms with van der Waals surface area (Å²) in [5.74, 6) is 0.00404. The van der Waals surface area contributed by atoms with Crippen LogP contribution in [-0.2, 0) is 4.57 Å². The van der Waals surface area contributed by atoms with Gasteiger partial charge in [-0.05, 0) is 18.3 Å². The predicted octanol–water partition coefficient (Wildman–Crippen LogP) is 6.08. The van der Waals surface area contributed by atoms with Crippen molar-refractivity contribution in [1.29, 1.82) is 0 Å². The number of hydrogen-bond donors (Lipinski definition) is 0. The van der Waals surface area contributed by atoms with Crippen molar-refractivity contribution >= 4 is 34.2 Å². The van der Waals surface area contributed by atoms with Crippen LogP contribution >= 0.6 is 23.1 Å². The number of carbonyl (C=O) groups is 1. The van der Waals surface area contributed by atoms with Crippen molar-refractivity contribution in [2.75, 3.05) is 6.66 Å². The van der Waals surface area contributed by atoms with Gasteiger partial charge in [-0.15, -0.1) is 0 Å². The maximum absolute atomic E-state index is 13.9. The molecule has 2 atom stereocenters. The van der Waals surface area contributed by atoms with Gasteiger partial charge in [-0.25, -0.2) is 0 Å². The standard InChI is InChI=1S/C22H20BrO2P/c1-26(25,18-12-6-3-7-13-18)22(19-14-8-9-15-20(19)23)16-21(24)17-10-4-2-5-11-17/h2-15,22H,16H2,1H3/t22-,26?/m0/s1. The van der Waals surface area contributed by atoms with Gasteiger partial charge in [-0.2, -0.15) is 0 Å². The molecule has 3 rings (SSSR count). The van der Waals surface area contributed by atoms with Crippen LogP contribution in [0.2, 0.25) is 0 Å². The summed E-state index contributed by atoms with van der Waals surface area (Å²) in [4.78, 5) is 12.9. The second kappa shape index (κ2) is 8.16. The van der Waals surface area contributed by atoms with E-state index < -0.39 is 7.14 Å². The van der Waals surface area contributed by atoms with Crippen molar-refractivity contribution in [2.24, 2.45) is 0 Å². The fourth-order valence-corrected chi connectivity index (χ4v) is 6.25. The quantitative estimate of drug-likeness (QED) is 0.353. The predicted molar refractivity (Wildman–Crippen MR) is 112 cm³/mol. The fourth-order valence-electron chi connectivity index (χ4n) is 3.12. The molecule has 0 aliphatic heterocycles. The van der Waals surface area contributed by atoms with Gasteiger partial charge >= 0.3 is 0 Å². The normalized spacial score (nSPS) is 14.4. The van der Waals surface area contributed by atoms with Gasteiger partial charge in [0, 0.05) is 27.4 Å². The molecule has 0 N–H and O–H groups in total. The molecule has 1 unspecified atom stereocenters. The van der Waals surface area contributed by atoms with E-state index in [1.54, 1.807) is 6.66 Å². The highest BCUT2D eigenvalue weighted by molar-refractivity contribution is 9.10. The number of Topliss-reactive ketones (excluding diaryl/α,β-unsaturated/α-hetero) is 1. The number of ketones is 1. The Balaban J connectivity index is 2.04. The zero-order chi connectivity index (χ0) is 18.6. The second-order valence-electron chi connectivity index (χ2n) is 6.36. The van der Waals surface area contributed by atoms with E-state index in [1.165, 1.54) is 0 Å². The number of benzene rings is 3. The summed E-state index contributed by atoms with van der Waals surface area (Å²) >= 11 is 3.58. The molecule has 132 valence electrons. The van der Waals surface area contributed by atoms with Crippen molar-refractivity contribution in [3.05, 3.63) is 101 Å².